The summed E-state index contributed by atoms with van der Waals surface area (Å²) < 4.78 is 2.37. The molecule has 0 saturated carbocycles. The second kappa shape index (κ2) is 6.63. The Bertz CT molecular complexity index is 575. The summed E-state index contributed by atoms with van der Waals surface area (Å²) in [4.78, 5) is 2.46. The van der Waals surface area contributed by atoms with Gasteiger partial charge in [-0.1, -0.05) is 18.2 Å². The maximum atomic E-state index is 3.74. The van der Waals surface area contributed by atoms with E-state index in [4.69, 9.17) is 0 Å². The Morgan fingerprint density at radius 3 is 2.95 bits per heavy atom. The Balaban J connectivity index is 1.44. The van der Waals surface area contributed by atoms with Gasteiger partial charge in [-0.05, 0) is 63.8 Å². The number of rotatable bonds is 5. The number of aryl methyl sites for hydroxylation is 1. The summed E-state index contributed by atoms with van der Waals surface area (Å²) in [7, 11) is 2.23. The molecule has 1 aliphatic heterocycles. The van der Waals surface area contributed by atoms with Crippen LogP contribution in [-0.4, -0.2) is 41.7 Å². The van der Waals surface area contributed by atoms with Gasteiger partial charge in [-0.2, -0.15) is 0 Å². The van der Waals surface area contributed by atoms with Crippen LogP contribution >= 0.6 is 0 Å². The number of piperidine rings is 1. The van der Waals surface area contributed by atoms with E-state index in [1.54, 1.807) is 0 Å². The molecular formula is C18H27N3. The Kier molecular flexibility index (Phi) is 4.61. The molecule has 0 amide bonds. The van der Waals surface area contributed by atoms with Crippen molar-refractivity contribution in [2.45, 2.75) is 44.8 Å². The van der Waals surface area contributed by atoms with Crippen LogP contribution in [0.4, 0.5) is 0 Å². The van der Waals surface area contributed by atoms with Gasteiger partial charge in [0.25, 0.3) is 0 Å². The molecule has 3 heteroatoms. The van der Waals surface area contributed by atoms with E-state index >= 15 is 0 Å². The van der Waals surface area contributed by atoms with E-state index in [0.717, 1.165) is 13.1 Å². The fourth-order valence-electron chi connectivity index (χ4n) is 3.37. The van der Waals surface area contributed by atoms with Crippen molar-refractivity contribution in [1.82, 2.24) is 14.8 Å². The molecule has 1 aromatic heterocycles. The third kappa shape index (κ3) is 3.47. The molecule has 0 spiro atoms. The van der Waals surface area contributed by atoms with Crippen LogP contribution in [0.2, 0.25) is 0 Å². The van der Waals surface area contributed by atoms with Gasteiger partial charge in [-0.15, -0.1) is 0 Å². The molecule has 3 rings (SSSR count). The SMILES string of the molecule is CC1CC(NCCCn2ccc3ccccc32)CCN1C. The molecule has 21 heavy (non-hydrogen) atoms. The first-order chi connectivity index (χ1) is 10.2. The first kappa shape index (κ1) is 14.6. The average Bonchev–Trinajstić information content (AvgIpc) is 2.91. The number of nitrogens with zero attached hydrogens (tertiary/aromatic N) is 2. The summed E-state index contributed by atoms with van der Waals surface area (Å²) >= 11 is 0. The highest BCUT2D eigenvalue weighted by atomic mass is 15.1. The van der Waals surface area contributed by atoms with Gasteiger partial charge < -0.3 is 14.8 Å². The van der Waals surface area contributed by atoms with Crippen LogP contribution in [-0.2, 0) is 6.54 Å². The first-order valence-corrected chi connectivity index (χ1v) is 8.21. The molecule has 1 N–H and O–H groups in total. The predicted molar refractivity (Wildman–Crippen MR) is 89.7 cm³/mol. The first-order valence-electron chi connectivity index (χ1n) is 8.21. The molecule has 3 nitrogen and oxygen atoms in total. The quantitative estimate of drug-likeness (QED) is 0.852. The van der Waals surface area contributed by atoms with Crippen molar-refractivity contribution in [2.75, 3.05) is 20.1 Å². The van der Waals surface area contributed by atoms with E-state index in [2.05, 4.69) is 65.3 Å². The summed E-state index contributed by atoms with van der Waals surface area (Å²) in [5, 5.41) is 5.09. The minimum absolute atomic E-state index is 0.706. The molecule has 1 aliphatic rings. The molecular weight excluding hydrogens is 258 g/mol. The third-order valence-electron chi connectivity index (χ3n) is 4.90. The molecule has 0 aliphatic carbocycles. The summed E-state index contributed by atoms with van der Waals surface area (Å²) in [6, 6.07) is 12.3. The molecule has 2 atom stereocenters. The average molecular weight is 285 g/mol. The number of para-hydroxylation sites is 1. The van der Waals surface area contributed by atoms with Gasteiger partial charge in [0.05, 0.1) is 0 Å². The van der Waals surface area contributed by atoms with Crippen LogP contribution in [0, 0.1) is 0 Å². The number of fused-ring (bicyclic) bond motifs is 1. The fraction of sp³-hybridized carbons (Fsp3) is 0.556. The predicted octanol–water partition coefficient (Wildman–Crippen LogP) is 3.10. The van der Waals surface area contributed by atoms with Crippen molar-refractivity contribution in [3.05, 3.63) is 36.5 Å². The van der Waals surface area contributed by atoms with Crippen molar-refractivity contribution < 1.29 is 0 Å². The lowest BCUT2D eigenvalue weighted by atomic mass is 9.99. The number of nitrogens with one attached hydrogen (secondary N) is 1. The minimum atomic E-state index is 0.706. The van der Waals surface area contributed by atoms with E-state index in [-0.39, 0.29) is 0 Å². The Hall–Kier alpha value is -1.32. The number of aromatic nitrogens is 1. The van der Waals surface area contributed by atoms with E-state index in [0.29, 0.717) is 12.1 Å². The fourth-order valence-corrected chi connectivity index (χ4v) is 3.37. The zero-order chi connectivity index (χ0) is 14.7. The lowest BCUT2D eigenvalue weighted by Gasteiger charge is -2.35. The summed E-state index contributed by atoms with van der Waals surface area (Å²) in [6.45, 7) is 5.77. The molecule has 0 radical (unpaired) electrons. The lowest BCUT2D eigenvalue weighted by molar-refractivity contribution is 0.168. The largest absolute Gasteiger partial charge is 0.347 e. The third-order valence-corrected chi connectivity index (χ3v) is 4.90. The van der Waals surface area contributed by atoms with Gasteiger partial charge in [-0.25, -0.2) is 0 Å². The molecule has 1 fully saturated rings. The van der Waals surface area contributed by atoms with Crippen LogP contribution < -0.4 is 5.32 Å². The molecule has 1 saturated heterocycles. The van der Waals surface area contributed by atoms with E-state index in [1.165, 1.54) is 36.7 Å². The van der Waals surface area contributed by atoms with Crippen molar-refractivity contribution in [3.63, 3.8) is 0 Å². The number of hydrogen-bond donors (Lipinski definition) is 1. The monoisotopic (exact) mass is 285 g/mol. The summed E-state index contributed by atoms with van der Waals surface area (Å²) in [5.41, 5.74) is 1.35. The van der Waals surface area contributed by atoms with Gasteiger partial charge in [0, 0.05) is 30.3 Å². The molecule has 1 aromatic carbocycles. The van der Waals surface area contributed by atoms with Crippen molar-refractivity contribution in [3.8, 4) is 0 Å². The van der Waals surface area contributed by atoms with Gasteiger partial charge in [0.2, 0.25) is 0 Å². The van der Waals surface area contributed by atoms with Crippen molar-refractivity contribution in [1.29, 1.82) is 0 Å². The van der Waals surface area contributed by atoms with E-state index in [1.807, 2.05) is 0 Å². The van der Waals surface area contributed by atoms with Gasteiger partial charge in [0.1, 0.15) is 0 Å². The van der Waals surface area contributed by atoms with Crippen molar-refractivity contribution in [2.24, 2.45) is 0 Å². The zero-order valence-corrected chi connectivity index (χ0v) is 13.3. The number of likely N-dealkylation sites (tertiary alicyclic amines) is 1. The van der Waals surface area contributed by atoms with Gasteiger partial charge in [-0.3, -0.25) is 0 Å². The summed E-state index contributed by atoms with van der Waals surface area (Å²) in [6.07, 6.45) is 5.97. The highest BCUT2D eigenvalue weighted by Crippen LogP contribution is 2.16. The Morgan fingerprint density at radius 1 is 1.24 bits per heavy atom. The van der Waals surface area contributed by atoms with Crippen LogP contribution in [0.1, 0.15) is 26.2 Å². The van der Waals surface area contributed by atoms with Gasteiger partial charge in [0.15, 0.2) is 0 Å². The van der Waals surface area contributed by atoms with Crippen LogP contribution in [0.15, 0.2) is 36.5 Å². The van der Waals surface area contributed by atoms with Crippen LogP contribution in [0.3, 0.4) is 0 Å². The zero-order valence-electron chi connectivity index (χ0n) is 13.3. The van der Waals surface area contributed by atoms with Gasteiger partial charge >= 0.3 is 0 Å². The standard InChI is InChI=1S/C18H27N3/c1-15-14-17(9-12-20(15)2)19-10-5-11-21-13-8-16-6-3-4-7-18(16)21/h3-4,6-8,13,15,17,19H,5,9-12,14H2,1-2H3. The maximum Gasteiger partial charge on any atom is 0.0480 e. The Morgan fingerprint density at radius 2 is 2.10 bits per heavy atom. The number of hydrogen-bond acceptors (Lipinski definition) is 2. The van der Waals surface area contributed by atoms with E-state index in [9.17, 15) is 0 Å². The second-order valence-corrected chi connectivity index (χ2v) is 6.43. The molecule has 2 heterocycles. The maximum absolute atomic E-state index is 3.74. The van der Waals surface area contributed by atoms with Crippen LogP contribution in [0.5, 0.6) is 0 Å². The summed E-state index contributed by atoms with van der Waals surface area (Å²) in [5.74, 6) is 0. The minimum Gasteiger partial charge on any atom is -0.347 e. The topological polar surface area (TPSA) is 20.2 Å². The second-order valence-electron chi connectivity index (χ2n) is 6.43. The normalized spacial score (nSPS) is 23.7. The molecule has 2 aromatic rings. The van der Waals surface area contributed by atoms with E-state index < -0.39 is 0 Å². The Labute approximate surface area is 127 Å². The lowest BCUT2D eigenvalue weighted by Crippen LogP contribution is -2.45. The molecule has 114 valence electrons. The van der Waals surface area contributed by atoms with Crippen molar-refractivity contribution >= 4 is 10.9 Å². The molecule has 2 unspecified atom stereocenters. The van der Waals surface area contributed by atoms with Crippen LogP contribution in [0.25, 0.3) is 10.9 Å². The molecule has 0 bridgehead atoms. The highest BCUT2D eigenvalue weighted by molar-refractivity contribution is 5.79. The smallest absolute Gasteiger partial charge is 0.0480 e. The number of benzene rings is 1. The highest BCUT2D eigenvalue weighted by Gasteiger charge is 2.21.